The van der Waals surface area contributed by atoms with Crippen molar-refractivity contribution >= 4 is 15.9 Å². The first kappa shape index (κ1) is 12.3. The van der Waals surface area contributed by atoms with E-state index in [-0.39, 0.29) is 0 Å². The first-order valence-electron chi connectivity index (χ1n) is 5.72. The molecule has 3 nitrogen and oxygen atoms in total. The maximum Gasteiger partial charge on any atom is 0.0534 e. The second kappa shape index (κ2) is 5.98. The quantitative estimate of drug-likeness (QED) is 0.918. The summed E-state index contributed by atoms with van der Waals surface area (Å²) in [6.45, 7) is 3.99. The topological polar surface area (TPSA) is 29.9 Å². The zero-order chi connectivity index (χ0) is 12.1. The van der Waals surface area contributed by atoms with Crippen LogP contribution in [-0.2, 0) is 6.54 Å². The third-order valence-corrected chi connectivity index (χ3v) is 3.25. The molecule has 0 spiro atoms. The van der Waals surface area contributed by atoms with Crippen LogP contribution in [0.15, 0.2) is 47.2 Å². The van der Waals surface area contributed by atoms with Crippen molar-refractivity contribution in [2.45, 2.75) is 19.5 Å². The highest BCUT2D eigenvalue weighted by molar-refractivity contribution is 9.10. The standard InChI is InChI=1S/C13H16BrN3/c1-11(12-3-5-13(14)6-4-12)15-8-10-17-9-2-7-16-17/h2-7,9,11,15H,8,10H2,1H3. The number of nitrogens with zero attached hydrogens (tertiary/aromatic N) is 2. The molecule has 1 aromatic carbocycles. The maximum atomic E-state index is 4.17. The van der Waals surface area contributed by atoms with Gasteiger partial charge in [-0.15, -0.1) is 0 Å². The summed E-state index contributed by atoms with van der Waals surface area (Å²) < 4.78 is 3.05. The van der Waals surface area contributed by atoms with Crippen LogP contribution in [0.4, 0.5) is 0 Å². The van der Waals surface area contributed by atoms with Crippen LogP contribution in [0.2, 0.25) is 0 Å². The van der Waals surface area contributed by atoms with Gasteiger partial charge in [0.05, 0.1) is 6.54 Å². The van der Waals surface area contributed by atoms with Crippen LogP contribution in [-0.4, -0.2) is 16.3 Å². The van der Waals surface area contributed by atoms with E-state index in [4.69, 9.17) is 0 Å². The van der Waals surface area contributed by atoms with Crippen LogP contribution in [0.3, 0.4) is 0 Å². The zero-order valence-corrected chi connectivity index (χ0v) is 11.4. The molecule has 0 amide bonds. The second-order valence-corrected chi connectivity index (χ2v) is 4.91. The Morgan fingerprint density at radius 2 is 2.12 bits per heavy atom. The van der Waals surface area contributed by atoms with Crippen LogP contribution in [0.1, 0.15) is 18.5 Å². The van der Waals surface area contributed by atoms with Gasteiger partial charge in [-0.2, -0.15) is 5.10 Å². The van der Waals surface area contributed by atoms with E-state index in [0.717, 1.165) is 17.6 Å². The van der Waals surface area contributed by atoms with E-state index in [1.807, 2.05) is 16.9 Å². The minimum atomic E-state index is 0.360. The fourth-order valence-electron chi connectivity index (χ4n) is 1.70. The average molecular weight is 294 g/mol. The summed E-state index contributed by atoms with van der Waals surface area (Å²) in [5, 5.41) is 7.65. The zero-order valence-electron chi connectivity index (χ0n) is 9.81. The van der Waals surface area contributed by atoms with Crippen LogP contribution < -0.4 is 5.32 Å². The highest BCUT2D eigenvalue weighted by Crippen LogP contribution is 2.16. The number of hydrogen-bond donors (Lipinski definition) is 1. The van der Waals surface area contributed by atoms with Crippen molar-refractivity contribution in [2.24, 2.45) is 0 Å². The molecule has 0 aliphatic heterocycles. The maximum absolute atomic E-state index is 4.17. The van der Waals surface area contributed by atoms with E-state index < -0.39 is 0 Å². The molecule has 1 aromatic heterocycles. The minimum absolute atomic E-state index is 0.360. The predicted octanol–water partition coefficient (Wildman–Crippen LogP) is 3.00. The number of nitrogens with one attached hydrogen (secondary N) is 1. The molecule has 0 fully saturated rings. The van der Waals surface area contributed by atoms with Crippen molar-refractivity contribution in [1.82, 2.24) is 15.1 Å². The first-order valence-corrected chi connectivity index (χ1v) is 6.51. The van der Waals surface area contributed by atoms with Gasteiger partial charge in [-0.05, 0) is 30.7 Å². The lowest BCUT2D eigenvalue weighted by Gasteiger charge is -2.14. The van der Waals surface area contributed by atoms with Crippen molar-refractivity contribution in [3.05, 3.63) is 52.8 Å². The fourth-order valence-corrected chi connectivity index (χ4v) is 1.96. The lowest BCUT2D eigenvalue weighted by atomic mass is 10.1. The van der Waals surface area contributed by atoms with Crippen molar-refractivity contribution in [3.8, 4) is 0 Å². The molecule has 0 bridgehead atoms. The van der Waals surface area contributed by atoms with Gasteiger partial charge in [-0.1, -0.05) is 28.1 Å². The Morgan fingerprint density at radius 1 is 1.35 bits per heavy atom. The summed E-state index contributed by atoms with van der Waals surface area (Å²) in [5.41, 5.74) is 1.30. The molecule has 0 aliphatic rings. The van der Waals surface area contributed by atoms with E-state index in [9.17, 15) is 0 Å². The normalized spacial score (nSPS) is 12.6. The molecule has 2 rings (SSSR count). The van der Waals surface area contributed by atoms with Crippen LogP contribution in [0.25, 0.3) is 0 Å². The van der Waals surface area contributed by atoms with Gasteiger partial charge in [0, 0.05) is 29.5 Å². The van der Waals surface area contributed by atoms with Gasteiger partial charge < -0.3 is 5.32 Å². The molecule has 1 atom stereocenters. The molecule has 1 unspecified atom stereocenters. The lowest BCUT2D eigenvalue weighted by molar-refractivity contribution is 0.507. The van der Waals surface area contributed by atoms with Gasteiger partial charge in [0.2, 0.25) is 0 Å². The predicted molar refractivity (Wildman–Crippen MR) is 72.8 cm³/mol. The number of hydrogen-bond acceptors (Lipinski definition) is 2. The van der Waals surface area contributed by atoms with Crippen molar-refractivity contribution in [3.63, 3.8) is 0 Å². The third kappa shape index (κ3) is 3.68. The number of aromatic nitrogens is 2. The summed E-state index contributed by atoms with van der Waals surface area (Å²) in [6, 6.07) is 10.7. The molecule has 17 heavy (non-hydrogen) atoms. The Balaban J connectivity index is 1.81. The van der Waals surface area contributed by atoms with Gasteiger partial charge in [-0.3, -0.25) is 4.68 Å². The van der Waals surface area contributed by atoms with E-state index in [2.05, 4.69) is 57.5 Å². The highest BCUT2D eigenvalue weighted by Gasteiger charge is 2.03. The molecule has 90 valence electrons. The van der Waals surface area contributed by atoms with Crippen molar-refractivity contribution < 1.29 is 0 Å². The molecule has 1 N–H and O–H groups in total. The van der Waals surface area contributed by atoms with Crippen molar-refractivity contribution in [2.75, 3.05) is 6.54 Å². The SMILES string of the molecule is CC(NCCn1cccn1)c1ccc(Br)cc1. The molecule has 1 heterocycles. The summed E-state index contributed by atoms with van der Waals surface area (Å²) in [6.07, 6.45) is 3.78. The second-order valence-electron chi connectivity index (χ2n) is 4.00. The number of benzene rings is 1. The smallest absolute Gasteiger partial charge is 0.0534 e. The Morgan fingerprint density at radius 3 is 2.76 bits per heavy atom. The van der Waals surface area contributed by atoms with Crippen molar-refractivity contribution in [1.29, 1.82) is 0 Å². The Bertz CT molecular complexity index is 436. The summed E-state index contributed by atoms with van der Waals surface area (Å²) in [5.74, 6) is 0. The summed E-state index contributed by atoms with van der Waals surface area (Å²) in [7, 11) is 0. The Kier molecular flexibility index (Phi) is 4.34. The number of rotatable bonds is 5. The summed E-state index contributed by atoms with van der Waals surface area (Å²) in [4.78, 5) is 0. The highest BCUT2D eigenvalue weighted by atomic mass is 79.9. The van der Waals surface area contributed by atoms with Gasteiger partial charge in [-0.25, -0.2) is 0 Å². The molecule has 4 heteroatoms. The average Bonchev–Trinajstić information content (AvgIpc) is 2.83. The van der Waals surface area contributed by atoms with Gasteiger partial charge in [0.25, 0.3) is 0 Å². The molecular formula is C13H16BrN3. The number of halogens is 1. The van der Waals surface area contributed by atoms with E-state index in [1.165, 1.54) is 5.56 Å². The Hall–Kier alpha value is -1.13. The van der Waals surface area contributed by atoms with E-state index >= 15 is 0 Å². The van der Waals surface area contributed by atoms with Gasteiger partial charge >= 0.3 is 0 Å². The first-order chi connectivity index (χ1) is 8.25. The lowest BCUT2D eigenvalue weighted by Crippen LogP contribution is -2.23. The fraction of sp³-hybridized carbons (Fsp3) is 0.308. The molecule has 0 radical (unpaired) electrons. The van der Waals surface area contributed by atoms with E-state index in [0.29, 0.717) is 6.04 Å². The molecular weight excluding hydrogens is 278 g/mol. The van der Waals surface area contributed by atoms with Crippen LogP contribution >= 0.6 is 15.9 Å². The molecule has 2 aromatic rings. The van der Waals surface area contributed by atoms with Crippen LogP contribution in [0, 0.1) is 0 Å². The summed E-state index contributed by atoms with van der Waals surface area (Å²) >= 11 is 3.44. The molecule has 0 aliphatic carbocycles. The third-order valence-electron chi connectivity index (χ3n) is 2.72. The Labute approximate surface area is 110 Å². The minimum Gasteiger partial charge on any atom is -0.308 e. The monoisotopic (exact) mass is 293 g/mol. The van der Waals surface area contributed by atoms with E-state index in [1.54, 1.807) is 6.20 Å². The molecule has 0 saturated carbocycles. The van der Waals surface area contributed by atoms with Gasteiger partial charge in [0.15, 0.2) is 0 Å². The van der Waals surface area contributed by atoms with Crippen LogP contribution in [0.5, 0.6) is 0 Å². The molecule has 0 saturated heterocycles. The van der Waals surface area contributed by atoms with Gasteiger partial charge in [0.1, 0.15) is 0 Å². The largest absolute Gasteiger partial charge is 0.308 e.